The molecule has 1 heterocycles. The Morgan fingerprint density at radius 2 is 2.03 bits per heavy atom. The van der Waals surface area contributed by atoms with Gasteiger partial charge in [0.25, 0.3) is 10.8 Å². The lowest BCUT2D eigenvalue weighted by atomic mass is 9.80. The molecule has 0 spiro atoms. The summed E-state index contributed by atoms with van der Waals surface area (Å²) >= 11 is 4.95. The van der Waals surface area contributed by atoms with E-state index in [0.29, 0.717) is 17.0 Å². The summed E-state index contributed by atoms with van der Waals surface area (Å²) < 4.78 is 10.1. The Morgan fingerprint density at radius 1 is 1.33 bits per heavy atom. The second-order valence-corrected chi connectivity index (χ2v) is 6.82. The van der Waals surface area contributed by atoms with Crippen molar-refractivity contribution < 1.29 is 29.7 Å². The number of non-ortho nitro benzene ring substituents is 1. The number of rotatable bonds is 7. The molecule has 0 aromatic heterocycles. The number of quaternary nitrogens is 1. The number of allylic oxidation sites excluding steroid dienone is 1. The molecule has 0 fully saturated rings. The Balaban J connectivity index is 2.75. The predicted molar refractivity (Wildman–Crippen MR) is 111 cm³/mol. The predicted octanol–water partition coefficient (Wildman–Crippen LogP) is 0.662. The monoisotopic (exact) mass is 435 g/mol. The van der Waals surface area contributed by atoms with Crippen molar-refractivity contribution in [2.45, 2.75) is 19.8 Å². The largest absolute Gasteiger partial charge is 0.466 e. The van der Waals surface area contributed by atoms with Crippen molar-refractivity contribution in [2.75, 3.05) is 20.3 Å². The average molecular weight is 435 g/mol. The van der Waals surface area contributed by atoms with Crippen LogP contribution in [0.15, 0.2) is 46.8 Å². The van der Waals surface area contributed by atoms with Gasteiger partial charge in [-0.25, -0.2) is 9.59 Å². The van der Waals surface area contributed by atoms with Crippen LogP contribution in [0.2, 0.25) is 0 Å². The molecule has 5 N–H and O–H groups in total. The van der Waals surface area contributed by atoms with Crippen LogP contribution in [0.1, 0.15) is 25.3 Å². The van der Waals surface area contributed by atoms with E-state index >= 15 is 0 Å². The third kappa shape index (κ3) is 4.99. The summed E-state index contributed by atoms with van der Waals surface area (Å²) in [6, 6.07) is 5.75. The van der Waals surface area contributed by atoms with E-state index in [4.69, 9.17) is 21.7 Å². The maximum absolute atomic E-state index is 12.9. The van der Waals surface area contributed by atoms with Gasteiger partial charge in [0.15, 0.2) is 0 Å². The number of methoxy groups -OCH3 is 1. The second kappa shape index (κ2) is 9.94. The molecule has 2 rings (SSSR count). The summed E-state index contributed by atoms with van der Waals surface area (Å²) in [6.45, 7) is 3.53. The molecule has 11 heteroatoms. The van der Waals surface area contributed by atoms with E-state index in [-0.39, 0.29) is 35.1 Å². The number of nitrogens with zero attached hydrogens (tertiary/aromatic N) is 1. The van der Waals surface area contributed by atoms with Crippen LogP contribution in [0.5, 0.6) is 0 Å². The maximum atomic E-state index is 12.9. The first-order valence-corrected chi connectivity index (χ1v) is 9.42. The number of benzene rings is 1. The molecule has 160 valence electrons. The minimum absolute atomic E-state index is 0.106. The van der Waals surface area contributed by atoms with E-state index in [1.54, 1.807) is 19.9 Å². The van der Waals surface area contributed by atoms with Gasteiger partial charge in [0, 0.05) is 35.7 Å². The van der Waals surface area contributed by atoms with Crippen LogP contribution in [-0.2, 0) is 19.1 Å². The van der Waals surface area contributed by atoms with Crippen molar-refractivity contribution in [1.29, 1.82) is 0 Å². The first-order chi connectivity index (χ1) is 14.2. The van der Waals surface area contributed by atoms with E-state index in [0.717, 1.165) is 0 Å². The molecule has 0 radical (unpaired) electrons. The molecule has 0 aliphatic carbocycles. The highest BCUT2D eigenvalue weighted by molar-refractivity contribution is 7.79. The maximum Gasteiger partial charge on any atom is 0.336 e. The Kier molecular flexibility index (Phi) is 7.61. The van der Waals surface area contributed by atoms with Gasteiger partial charge in [0.2, 0.25) is 0 Å². The fourth-order valence-corrected chi connectivity index (χ4v) is 3.28. The van der Waals surface area contributed by atoms with Crippen molar-refractivity contribution in [3.05, 3.63) is 62.5 Å². The van der Waals surface area contributed by atoms with Crippen LogP contribution >= 0.6 is 12.2 Å². The van der Waals surface area contributed by atoms with Crippen molar-refractivity contribution >= 4 is 35.0 Å². The molecule has 0 saturated heterocycles. The molecule has 1 aliphatic rings. The Morgan fingerprint density at radius 3 is 2.60 bits per heavy atom. The molecule has 1 unspecified atom stereocenters. The Bertz CT molecular complexity index is 956. The summed E-state index contributed by atoms with van der Waals surface area (Å²) in [7, 11) is 1.22. The summed E-state index contributed by atoms with van der Waals surface area (Å²) in [5.74, 6) is -2.27. The van der Waals surface area contributed by atoms with Crippen LogP contribution in [0, 0.1) is 10.1 Å². The molecule has 1 atom stereocenters. The van der Waals surface area contributed by atoms with Crippen LogP contribution in [0.25, 0.3) is 0 Å². The van der Waals surface area contributed by atoms with E-state index in [2.05, 4.69) is 16.4 Å². The van der Waals surface area contributed by atoms with Gasteiger partial charge in [0.05, 0.1) is 42.2 Å². The summed E-state index contributed by atoms with van der Waals surface area (Å²) in [5, 5.41) is 17.5. The first-order valence-electron chi connectivity index (χ1n) is 9.01. The molecule has 0 bridgehead atoms. The summed E-state index contributed by atoms with van der Waals surface area (Å²) in [6.07, 6.45) is 0. The molecule has 1 aliphatic heterocycles. The summed E-state index contributed by atoms with van der Waals surface area (Å²) in [4.78, 5) is 36.3. The molecular formula is C19H23N4O6S+. The van der Waals surface area contributed by atoms with Gasteiger partial charge in [-0.3, -0.25) is 10.1 Å². The zero-order valence-electron chi connectivity index (χ0n) is 16.8. The molecule has 1 aromatic rings. The minimum Gasteiger partial charge on any atom is -0.466 e. The van der Waals surface area contributed by atoms with Crippen LogP contribution in [-0.4, -0.2) is 42.2 Å². The molecule has 0 saturated carbocycles. The fourth-order valence-electron chi connectivity index (χ4n) is 3.20. The number of nitrogens with one attached hydrogen (secondary N) is 2. The van der Waals surface area contributed by atoms with E-state index in [9.17, 15) is 19.7 Å². The third-order valence-electron chi connectivity index (χ3n) is 4.42. The number of thiocarbonyl (C=S) groups is 1. The van der Waals surface area contributed by atoms with Gasteiger partial charge in [0.1, 0.15) is 0 Å². The number of carbonyl (C=O) groups excluding carboxylic acids is 2. The smallest absolute Gasteiger partial charge is 0.336 e. The van der Waals surface area contributed by atoms with Gasteiger partial charge in [-0.2, -0.15) is 0 Å². The highest BCUT2D eigenvalue weighted by atomic mass is 32.1. The van der Waals surface area contributed by atoms with Crippen molar-refractivity contribution in [1.82, 2.24) is 10.6 Å². The SMILES string of the molecule is CCOC(=O)C1=C(CNC([NH3+])=S)NC(C)=C(C(=O)OC)C1c1cccc([N+](=O)[O-])c1. The van der Waals surface area contributed by atoms with Gasteiger partial charge < -0.3 is 25.8 Å². The number of hydrogen-bond donors (Lipinski definition) is 3. The number of nitro groups is 1. The van der Waals surface area contributed by atoms with Crippen molar-refractivity contribution in [2.24, 2.45) is 0 Å². The summed E-state index contributed by atoms with van der Waals surface area (Å²) in [5.41, 5.74) is 4.96. The average Bonchev–Trinajstić information content (AvgIpc) is 2.71. The lowest BCUT2D eigenvalue weighted by Crippen LogP contribution is -2.63. The Hall–Kier alpha value is -3.31. The molecule has 0 amide bonds. The zero-order chi connectivity index (χ0) is 22.4. The van der Waals surface area contributed by atoms with E-state index < -0.39 is 22.8 Å². The minimum atomic E-state index is -0.937. The molecule has 1 aromatic carbocycles. The van der Waals surface area contributed by atoms with E-state index in [1.165, 1.54) is 25.3 Å². The molecule has 30 heavy (non-hydrogen) atoms. The first kappa shape index (κ1) is 23.0. The number of nitro benzene ring substituents is 1. The highest BCUT2D eigenvalue weighted by Crippen LogP contribution is 2.40. The van der Waals surface area contributed by atoms with Gasteiger partial charge in [-0.15, -0.1) is 0 Å². The number of esters is 2. The molecule has 10 nitrogen and oxygen atoms in total. The third-order valence-corrected chi connectivity index (χ3v) is 4.57. The normalized spacial score (nSPS) is 15.9. The van der Waals surface area contributed by atoms with Crippen molar-refractivity contribution in [3.63, 3.8) is 0 Å². The number of hydrogen-bond acceptors (Lipinski definition) is 8. The van der Waals surface area contributed by atoms with E-state index in [1.807, 2.05) is 0 Å². The fraction of sp³-hybridized carbons (Fsp3) is 0.316. The number of carbonyl (C=O) groups is 2. The van der Waals surface area contributed by atoms with Crippen molar-refractivity contribution in [3.8, 4) is 0 Å². The Labute approximate surface area is 178 Å². The van der Waals surface area contributed by atoms with Crippen LogP contribution in [0.4, 0.5) is 5.69 Å². The lowest BCUT2D eigenvalue weighted by Gasteiger charge is -2.31. The quantitative estimate of drug-likeness (QED) is 0.243. The standard InChI is InChI=1S/C19H22N4O6S/c1-4-29-18(25)16-13(9-21-19(20)30)22-10(2)14(17(24)28-3)15(16)11-6-5-7-12(8-11)23(26)27/h5-8,15,22H,4,9H2,1-3H3,(H3,20,21,30)/p+1. The topological polar surface area (TPSA) is 147 Å². The zero-order valence-corrected chi connectivity index (χ0v) is 17.6. The lowest BCUT2D eigenvalue weighted by molar-refractivity contribution is -0.384. The van der Waals surface area contributed by atoms with Crippen LogP contribution < -0.4 is 16.4 Å². The molecular weight excluding hydrogens is 412 g/mol. The van der Waals surface area contributed by atoms with Crippen LogP contribution in [0.3, 0.4) is 0 Å². The van der Waals surface area contributed by atoms with Gasteiger partial charge >= 0.3 is 11.9 Å². The number of ether oxygens (including phenoxy) is 2. The number of dihydropyridines is 1. The van der Waals surface area contributed by atoms with Gasteiger partial charge in [-0.05, 0) is 19.4 Å². The van der Waals surface area contributed by atoms with Gasteiger partial charge in [-0.1, -0.05) is 12.1 Å². The highest BCUT2D eigenvalue weighted by Gasteiger charge is 2.39. The second-order valence-electron chi connectivity index (χ2n) is 6.33.